The summed E-state index contributed by atoms with van der Waals surface area (Å²) in [5.74, 6) is 0.329. The number of methoxy groups -OCH3 is 1. The van der Waals surface area contributed by atoms with Gasteiger partial charge in [0, 0.05) is 25.7 Å². The quantitative estimate of drug-likeness (QED) is 0.662. The van der Waals surface area contributed by atoms with Crippen LogP contribution in [-0.4, -0.2) is 50.8 Å². The standard InChI is InChI=1S/C20H22FN7O2/c1-27-16(11-15(26-27)13-5-7-14(21)8-6-13)18(29)22-12-17-23-19(25-20(24-17)30-2)28-9-3-4-10-28/h5-8,11H,3-4,9-10,12H2,1-2H3,(H,22,29). The Kier molecular flexibility index (Phi) is 5.55. The highest BCUT2D eigenvalue weighted by Crippen LogP contribution is 2.20. The van der Waals surface area contributed by atoms with Gasteiger partial charge in [0.25, 0.3) is 5.91 Å². The van der Waals surface area contributed by atoms with Crippen molar-refractivity contribution >= 4 is 11.9 Å². The van der Waals surface area contributed by atoms with Crippen LogP contribution in [0.1, 0.15) is 29.2 Å². The summed E-state index contributed by atoms with van der Waals surface area (Å²) in [6.45, 7) is 1.90. The second-order valence-electron chi connectivity index (χ2n) is 6.96. The van der Waals surface area contributed by atoms with Gasteiger partial charge in [-0.05, 0) is 43.2 Å². The lowest BCUT2D eigenvalue weighted by Crippen LogP contribution is -2.27. The van der Waals surface area contributed by atoms with Crippen LogP contribution in [0.4, 0.5) is 10.3 Å². The van der Waals surface area contributed by atoms with Gasteiger partial charge in [-0.1, -0.05) is 0 Å². The number of carbonyl (C=O) groups excluding carboxylic acids is 1. The van der Waals surface area contributed by atoms with Crippen molar-refractivity contribution in [2.24, 2.45) is 7.05 Å². The van der Waals surface area contributed by atoms with E-state index < -0.39 is 0 Å². The maximum Gasteiger partial charge on any atom is 0.321 e. The summed E-state index contributed by atoms with van der Waals surface area (Å²) in [4.78, 5) is 27.8. The number of benzene rings is 1. The lowest BCUT2D eigenvalue weighted by molar-refractivity contribution is 0.0940. The molecule has 0 saturated carbocycles. The zero-order valence-electron chi connectivity index (χ0n) is 16.8. The molecule has 0 unspecified atom stereocenters. The van der Waals surface area contributed by atoms with Crippen molar-refractivity contribution < 1.29 is 13.9 Å². The third-order valence-corrected chi connectivity index (χ3v) is 4.88. The number of carbonyl (C=O) groups is 1. The smallest absolute Gasteiger partial charge is 0.321 e. The molecule has 1 fully saturated rings. The number of hydrogen-bond acceptors (Lipinski definition) is 7. The first-order chi connectivity index (χ1) is 14.5. The van der Waals surface area contributed by atoms with E-state index >= 15 is 0 Å². The van der Waals surface area contributed by atoms with Crippen molar-refractivity contribution in [3.63, 3.8) is 0 Å². The summed E-state index contributed by atoms with van der Waals surface area (Å²) in [5, 5.41) is 7.16. The van der Waals surface area contributed by atoms with Gasteiger partial charge in [-0.3, -0.25) is 9.48 Å². The fourth-order valence-corrected chi connectivity index (χ4v) is 3.31. The molecule has 2 aromatic heterocycles. The van der Waals surface area contributed by atoms with Crippen LogP contribution in [0.3, 0.4) is 0 Å². The summed E-state index contributed by atoms with van der Waals surface area (Å²) in [6.07, 6.45) is 2.19. The fraction of sp³-hybridized carbons (Fsp3) is 0.350. The summed E-state index contributed by atoms with van der Waals surface area (Å²) in [5.41, 5.74) is 1.68. The molecule has 1 aromatic carbocycles. The average molecular weight is 411 g/mol. The number of nitrogens with one attached hydrogen (secondary N) is 1. The molecule has 0 spiro atoms. The van der Waals surface area contributed by atoms with E-state index in [1.54, 1.807) is 25.2 Å². The zero-order valence-corrected chi connectivity index (χ0v) is 16.8. The Hall–Kier alpha value is -3.56. The Balaban J connectivity index is 1.48. The molecule has 1 aliphatic heterocycles. The number of hydrogen-bond donors (Lipinski definition) is 1. The van der Waals surface area contributed by atoms with Crippen LogP contribution in [0.15, 0.2) is 30.3 Å². The highest BCUT2D eigenvalue weighted by Gasteiger charge is 2.19. The van der Waals surface area contributed by atoms with Gasteiger partial charge in [0.05, 0.1) is 19.3 Å². The van der Waals surface area contributed by atoms with E-state index in [1.807, 2.05) is 0 Å². The monoisotopic (exact) mass is 411 g/mol. The van der Waals surface area contributed by atoms with Crippen LogP contribution < -0.4 is 15.0 Å². The molecule has 30 heavy (non-hydrogen) atoms. The van der Waals surface area contributed by atoms with Crippen molar-refractivity contribution in [2.75, 3.05) is 25.1 Å². The molecule has 0 aliphatic carbocycles. The van der Waals surface area contributed by atoms with Gasteiger partial charge < -0.3 is 15.0 Å². The van der Waals surface area contributed by atoms with Crippen LogP contribution in [0.5, 0.6) is 6.01 Å². The van der Waals surface area contributed by atoms with E-state index in [0.717, 1.165) is 31.5 Å². The zero-order chi connectivity index (χ0) is 21.1. The van der Waals surface area contributed by atoms with Crippen LogP contribution in [-0.2, 0) is 13.6 Å². The minimum atomic E-state index is -0.325. The highest BCUT2D eigenvalue weighted by atomic mass is 19.1. The molecule has 156 valence electrons. The van der Waals surface area contributed by atoms with E-state index in [9.17, 15) is 9.18 Å². The lowest BCUT2D eigenvalue weighted by atomic mass is 10.1. The second kappa shape index (κ2) is 8.44. The van der Waals surface area contributed by atoms with Gasteiger partial charge in [0.15, 0.2) is 5.82 Å². The maximum atomic E-state index is 13.1. The molecule has 3 aromatic rings. The lowest BCUT2D eigenvalue weighted by Gasteiger charge is -2.16. The highest BCUT2D eigenvalue weighted by molar-refractivity contribution is 5.93. The van der Waals surface area contributed by atoms with Gasteiger partial charge in [0.2, 0.25) is 5.95 Å². The summed E-state index contributed by atoms with van der Waals surface area (Å²) in [7, 11) is 3.18. The number of nitrogens with zero attached hydrogens (tertiary/aromatic N) is 6. The van der Waals surface area contributed by atoms with Crippen molar-refractivity contribution in [1.82, 2.24) is 30.0 Å². The Morgan fingerprint density at radius 1 is 1.17 bits per heavy atom. The molecule has 1 aliphatic rings. The molecule has 0 radical (unpaired) electrons. The van der Waals surface area contributed by atoms with Crippen LogP contribution in [0.25, 0.3) is 11.3 Å². The van der Waals surface area contributed by atoms with Gasteiger partial charge in [-0.15, -0.1) is 0 Å². The third-order valence-electron chi connectivity index (χ3n) is 4.88. The SMILES string of the molecule is COc1nc(CNC(=O)c2cc(-c3ccc(F)cc3)nn2C)nc(N2CCCC2)n1. The van der Waals surface area contributed by atoms with E-state index in [4.69, 9.17) is 4.74 Å². The Morgan fingerprint density at radius 2 is 1.90 bits per heavy atom. The molecule has 10 heteroatoms. The minimum absolute atomic E-state index is 0.121. The van der Waals surface area contributed by atoms with Crippen molar-refractivity contribution in [3.05, 3.63) is 47.7 Å². The Labute approximate surface area is 172 Å². The van der Waals surface area contributed by atoms with E-state index in [-0.39, 0.29) is 24.3 Å². The van der Waals surface area contributed by atoms with Crippen LogP contribution in [0.2, 0.25) is 0 Å². The van der Waals surface area contributed by atoms with E-state index in [0.29, 0.717) is 23.2 Å². The number of ether oxygens (including phenoxy) is 1. The van der Waals surface area contributed by atoms with Gasteiger partial charge in [0.1, 0.15) is 11.5 Å². The number of anilines is 1. The molecular weight excluding hydrogens is 389 g/mol. The number of aromatic nitrogens is 5. The van der Waals surface area contributed by atoms with Crippen LogP contribution >= 0.6 is 0 Å². The molecule has 1 saturated heterocycles. The molecule has 4 rings (SSSR count). The van der Waals surface area contributed by atoms with Gasteiger partial charge in [-0.25, -0.2) is 4.39 Å². The molecule has 3 heterocycles. The number of rotatable bonds is 6. The second-order valence-corrected chi connectivity index (χ2v) is 6.96. The topological polar surface area (TPSA) is 98.1 Å². The van der Waals surface area contributed by atoms with Crippen LogP contribution in [0, 0.1) is 5.82 Å². The van der Waals surface area contributed by atoms with Crippen molar-refractivity contribution in [2.45, 2.75) is 19.4 Å². The van der Waals surface area contributed by atoms with Gasteiger partial charge in [-0.2, -0.15) is 20.1 Å². The molecule has 0 bridgehead atoms. The Bertz CT molecular complexity index is 1050. The number of amides is 1. The first-order valence-electron chi connectivity index (χ1n) is 9.65. The first-order valence-corrected chi connectivity index (χ1v) is 9.65. The fourth-order valence-electron chi connectivity index (χ4n) is 3.31. The minimum Gasteiger partial charge on any atom is -0.467 e. The van der Waals surface area contributed by atoms with E-state index in [2.05, 4.69) is 30.3 Å². The summed E-state index contributed by atoms with van der Waals surface area (Å²) >= 11 is 0. The normalized spacial score (nSPS) is 13.5. The number of aryl methyl sites for hydroxylation is 1. The predicted molar refractivity (Wildman–Crippen MR) is 108 cm³/mol. The van der Waals surface area contributed by atoms with E-state index in [1.165, 1.54) is 23.9 Å². The van der Waals surface area contributed by atoms with Gasteiger partial charge >= 0.3 is 6.01 Å². The average Bonchev–Trinajstić information content (AvgIpc) is 3.42. The molecular formula is C20H22FN7O2. The number of halogens is 1. The summed E-state index contributed by atoms with van der Waals surface area (Å²) < 4.78 is 19.8. The molecule has 1 amide bonds. The van der Waals surface area contributed by atoms with Crippen molar-refractivity contribution in [3.8, 4) is 17.3 Å². The largest absolute Gasteiger partial charge is 0.467 e. The summed E-state index contributed by atoms with van der Waals surface area (Å²) in [6, 6.07) is 7.83. The Morgan fingerprint density at radius 3 is 2.60 bits per heavy atom. The third kappa shape index (κ3) is 4.22. The maximum absolute atomic E-state index is 13.1. The predicted octanol–water partition coefficient (Wildman–Crippen LogP) is 1.95. The molecule has 1 N–H and O–H groups in total. The molecule has 0 atom stereocenters. The van der Waals surface area contributed by atoms with Crippen molar-refractivity contribution in [1.29, 1.82) is 0 Å². The molecule has 9 nitrogen and oxygen atoms in total. The first kappa shape index (κ1) is 19.7.